The van der Waals surface area contributed by atoms with E-state index in [0.29, 0.717) is 0 Å². The summed E-state index contributed by atoms with van der Waals surface area (Å²) in [6.07, 6.45) is 1.00. The Hall–Kier alpha value is 1.12. The molecule has 0 amide bonds. The molecule has 0 saturated heterocycles. The van der Waals surface area contributed by atoms with E-state index < -0.39 is 0 Å². The molecule has 0 aliphatic carbocycles. The molecule has 2 nitrogen and oxygen atoms in total. The smallest absolute Gasteiger partial charge is 0.225 e. The third kappa shape index (κ3) is 39.7. The minimum atomic E-state index is 0. The van der Waals surface area contributed by atoms with Crippen molar-refractivity contribution in [2.75, 3.05) is 0 Å². The van der Waals surface area contributed by atoms with Crippen LogP contribution in [0.15, 0.2) is 0 Å². The predicted octanol–water partition coefficient (Wildman–Crippen LogP) is -5.64. The van der Waals surface area contributed by atoms with E-state index in [1.54, 1.807) is 0 Å². The molecule has 4 radical (unpaired) electrons. The summed E-state index contributed by atoms with van der Waals surface area (Å²) in [5.41, 5.74) is 4.50. The molecule has 30 valence electrons. The Morgan fingerprint density at radius 2 is 1.60 bits per heavy atom. The van der Waals surface area contributed by atoms with Gasteiger partial charge in [-0.2, -0.15) is 0 Å². The van der Waals surface area contributed by atoms with Crippen LogP contribution < -0.4 is 35.1 Å². The van der Waals surface area contributed by atoms with Crippen LogP contribution in [-0.2, 0) is 0 Å². The molecule has 0 saturated carbocycles. The monoisotopic (exact) mass is 380 g/mol. The van der Waals surface area contributed by atoms with E-state index in [9.17, 15) is 0 Å². The Morgan fingerprint density at radius 3 is 1.60 bits per heavy atom. The fourth-order valence-electron chi connectivity index (χ4n) is 0. The molecule has 0 aromatic heterocycles. The largest absolute Gasteiger partial charge is 1.00 e. The maximum absolute atomic E-state index is 4.50. The first-order chi connectivity index (χ1) is 1.41. The first-order valence-electron chi connectivity index (χ1n) is 0.667. The Bertz CT molecular complexity index is 17.1. The standard InChI is InChI=1S/CH4N2.HI.Pb/c2-1-3;;/h1H,(H3,2,3);1H;. The van der Waals surface area contributed by atoms with Crippen LogP contribution in [0.1, 0.15) is 0 Å². The summed E-state index contributed by atoms with van der Waals surface area (Å²) in [5, 5.41) is 4.50. The van der Waals surface area contributed by atoms with E-state index >= 15 is 0 Å². The van der Waals surface area contributed by atoms with E-state index in [-0.39, 0.29) is 51.3 Å². The van der Waals surface area contributed by atoms with Crippen LogP contribution in [0.25, 0.3) is 0 Å². The third-order valence-electron chi connectivity index (χ3n) is 0. The Morgan fingerprint density at radius 1 is 1.60 bits per heavy atom. The molecular formula is CH5IN2Pb. The zero-order chi connectivity index (χ0) is 2.71. The van der Waals surface area contributed by atoms with Gasteiger partial charge in [0.25, 0.3) is 0 Å². The van der Waals surface area contributed by atoms with Gasteiger partial charge in [-0.05, 0) is 0 Å². The quantitative estimate of drug-likeness (QED) is 0.188. The maximum atomic E-state index is 4.50. The Labute approximate surface area is 68.2 Å². The van der Waals surface area contributed by atoms with Crippen molar-refractivity contribution in [1.82, 2.24) is 0 Å². The average Bonchev–Trinajstić information content (AvgIpc) is 0.918. The van der Waals surface area contributed by atoms with Gasteiger partial charge in [0.15, 0.2) is 0 Å². The molecule has 0 unspecified atom stereocenters. The molecule has 0 aliphatic rings. The fraction of sp³-hybridized carbons (Fsp3) is 0. The van der Waals surface area contributed by atoms with Gasteiger partial charge in [0.05, 0.1) is 0 Å². The number of hydrogen-bond acceptors (Lipinski definition) is 0. The summed E-state index contributed by atoms with van der Waals surface area (Å²) < 4.78 is 0. The molecule has 0 aromatic rings. The molecule has 0 fully saturated rings. The van der Waals surface area contributed by atoms with Crippen LogP contribution in [-0.4, -0.2) is 33.6 Å². The van der Waals surface area contributed by atoms with E-state index in [1.807, 2.05) is 0 Å². The van der Waals surface area contributed by atoms with Gasteiger partial charge in [0.1, 0.15) is 0 Å². The molecule has 0 heterocycles. The second-order valence-electron chi connectivity index (χ2n) is 0.192. The van der Waals surface area contributed by atoms with Gasteiger partial charge >= 0.3 is 0 Å². The van der Waals surface area contributed by atoms with Crippen LogP contribution in [0.3, 0.4) is 0 Å². The van der Waals surface area contributed by atoms with E-state index in [1.165, 1.54) is 0 Å². The zero-order valence-corrected chi connectivity index (χ0v) is 8.65. The summed E-state index contributed by atoms with van der Waals surface area (Å²) in [6, 6.07) is 0. The molecule has 0 bridgehead atoms. The summed E-state index contributed by atoms with van der Waals surface area (Å²) in [7, 11) is 0. The van der Waals surface area contributed by atoms with Gasteiger partial charge in [-0.15, -0.1) is 0 Å². The molecule has 5 heavy (non-hydrogen) atoms. The molecular weight excluding hydrogens is 374 g/mol. The van der Waals surface area contributed by atoms with Gasteiger partial charge in [-0.1, -0.05) is 0 Å². The second-order valence-corrected chi connectivity index (χ2v) is 0.192. The topological polar surface area (TPSA) is 51.6 Å². The van der Waals surface area contributed by atoms with Crippen molar-refractivity contribution in [3.63, 3.8) is 0 Å². The van der Waals surface area contributed by atoms with Crippen molar-refractivity contribution in [1.29, 1.82) is 0 Å². The van der Waals surface area contributed by atoms with E-state index in [4.69, 9.17) is 0 Å². The summed E-state index contributed by atoms with van der Waals surface area (Å²) in [4.78, 5) is 0. The summed E-state index contributed by atoms with van der Waals surface area (Å²) >= 11 is 0. The van der Waals surface area contributed by atoms with Crippen LogP contribution >= 0.6 is 0 Å². The first kappa shape index (κ1) is 16.5. The van der Waals surface area contributed by atoms with Gasteiger partial charge in [0, 0.05) is 27.3 Å². The number of nitrogens with two attached hydrogens (primary N) is 2. The summed E-state index contributed by atoms with van der Waals surface area (Å²) in [6.45, 7) is 0. The summed E-state index contributed by atoms with van der Waals surface area (Å²) in [5.74, 6) is 0. The molecule has 0 atom stereocenters. The molecule has 0 aromatic carbocycles. The van der Waals surface area contributed by atoms with Crippen molar-refractivity contribution in [2.24, 2.45) is 5.73 Å². The van der Waals surface area contributed by atoms with Crippen molar-refractivity contribution >= 4 is 33.6 Å². The van der Waals surface area contributed by atoms with Gasteiger partial charge in [-0.25, -0.2) is 0 Å². The van der Waals surface area contributed by atoms with Crippen LogP contribution in [0.2, 0.25) is 0 Å². The number of hydrogen-bond donors (Lipinski definition) is 2. The minimum Gasteiger partial charge on any atom is -1.00 e. The van der Waals surface area contributed by atoms with Crippen LogP contribution in [0.4, 0.5) is 0 Å². The van der Waals surface area contributed by atoms with Gasteiger partial charge < -0.3 is 24.0 Å². The second kappa shape index (κ2) is 19.3. The number of rotatable bonds is 0. The molecule has 0 spiro atoms. The minimum absolute atomic E-state index is 0. The van der Waals surface area contributed by atoms with Crippen LogP contribution in [0, 0.1) is 0 Å². The molecule has 0 rings (SSSR count). The molecule has 4 N–H and O–H groups in total. The SMILES string of the molecule is NC=[NH2+].[I-].[Pb]. The normalized spacial score (nSPS) is 2.40. The Kier molecular flexibility index (Phi) is 63.7. The van der Waals surface area contributed by atoms with E-state index in [0.717, 1.165) is 6.34 Å². The van der Waals surface area contributed by atoms with Crippen molar-refractivity contribution in [3.8, 4) is 0 Å². The predicted molar refractivity (Wildman–Crippen MR) is 17.9 cm³/mol. The van der Waals surface area contributed by atoms with Gasteiger partial charge in [-0.3, -0.25) is 11.1 Å². The zero-order valence-electron chi connectivity index (χ0n) is 2.61. The van der Waals surface area contributed by atoms with Crippen molar-refractivity contribution in [2.45, 2.75) is 0 Å². The molecule has 4 heteroatoms. The number of halogens is 1. The van der Waals surface area contributed by atoms with Crippen LogP contribution in [0.5, 0.6) is 0 Å². The Balaban J connectivity index is -0.0000000200. The van der Waals surface area contributed by atoms with Gasteiger partial charge in [0.2, 0.25) is 6.34 Å². The average molecular weight is 379 g/mol. The fourth-order valence-corrected chi connectivity index (χ4v) is 0. The first-order valence-corrected chi connectivity index (χ1v) is 0.667. The molecule has 0 aliphatic heterocycles. The van der Waals surface area contributed by atoms with Crippen molar-refractivity contribution in [3.05, 3.63) is 0 Å². The van der Waals surface area contributed by atoms with Crippen molar-refractivity contribution < 1.29 is 29.4 Å². The third-order valence-corrected chi connectivity index (χ3v) is 0. The maximum Gasteiger partial charge on any atom is 0.225 e. The van der Waals surface area contributed by atoms with E-state index in [2.05, 4.69) is 11.1 Å².